The van der Waals surface area contributed by atoms with Gasteiger partial charge >= 0.3 is 0 Å². The van der Waals surface area contributed by atoms with Crippen molar-refractivity contribution in [2.45, 2.75) is 52.8 Å². The van der Waals surface area contributed by atoms with Gasteiger partial charge in [-0.15, -0.1) is 0 Å². The smallest absolute Gasteiger partial charge is 0.161 e. The zero-order valence-electron chi connectivity index (χ0n) is 16.1. The van der Waals surface area contributed by atoms with E-state index in [9.17, 15) is 5.11 Å². The average Bonchev–Trinajstić information content (AvgIpc) is 2.55. The number of hydrogen-bond donors (Lipinski definition) is 2. The summed E-state index contributed by atoms with van der Waals surface area (Å²) in [4.78, 5) is 2.17. The third kappa shape index (κ3) is 7.51. The molecule has 1 aromatic rings. The van der Waals surface area contributed by atoms with E-state index in [2.05, 4.69) is 44.8 Å². The summed E-state index contributed by atoms with van der Waals surface area (Å²) in [5.41, 5.74) is 1.20. The Morgan fingerprint density at radius 2 is 1.83 bits per heavy atom. The van der Waals surface area contributed by atoms with Gasteiger partial charge in [-0.1, -0.05) is 19.9 Å². The summed E-state index contributed by atoms with van der Waals surface area (Å²) in [6.07, 6.45) is -0.517. The third-order valence-electron chi connectivity index (χ3n) is 3.85. The van der Waals surface area contributed by atoms with E-state index in [1.165, 1.54) is 0 Å². The minimum Gasteiger partial charge on any atom is -0.493 e. The first-order valence-corrected chi connectivity index (χ1v) is 8.74. The molecule has 1 rings (SSSR count). The van der Waals surface area contributed by atoms with Crippen molar-refractivity contribution >= 4 is 0 Å². The molecule has 1 unspecified atom stereocenters. The van der Waals surface area contributed by atoms with Gasteiger partial charge in [-0.3, -0.25) is 0 Å². The van der Waals surface area contributed by atoms with E-state index in [0.717, 1.165) is 25.2 Å². The molecule has 24 heavy (non-hydrogen) atoms. The summed E-state index contributed by atoms with van der Waals surface area (Å²) in [6, 6.07) is 5.90. The van der Waals surface area contributed by atoms with Gasteiger partial charge in [0.1, 0.15) is 12.7 Å². The molecule has 5 nitrogen and oxygen atoms in total. The lowest BCUT2D eigenvalue weighted by Crippen LogP contribution is -2.35. The molecular formula is C19H34N2O3. The molecule has 0 amide bonds. The number of ether oxygens (including phenoxy) is 2. The zero-order chi connectivity index (χ0) is 18.2. The fourth-order valence-corrected chi connectivity index (χ4v) is 2.33. The number of nitrogens with zero attached hydrogens (tertiary/aromatic N) is 1. The van der Waals surface area contributed by atoms with Crippen LogP contribution in [0, 0.1) is 0 Å². The summed E-state index contributed by atoms with van der Waals surface area (Å²) < 4.78 is 11.2. The molecule has 0 spiro atoms. The van der Waals surface area contributed by atoms with Crippen LogP contribution in [-0.2, 0) is 6.54 Å². The quantitative estimate of drug-likeness (QED) is 0.687. The number of hydrogen-bond acceptors (Lipinski definition) is 5. The first-order valence-electron chi connectivity index (χ1n) is 8.74. The second kappa shape index (κ2) is 9.87. The molecule has 1 atom stereocenters. The highest BCUT2D eigenvalue weighted by Gasteiger charge is 2.13. The Morgan fingerprint density at radius 1 is 1.17 bits per heavy atom. The minimum atomic E-state index is -0.517. The van der Waals surface area contributed by atoms with Crippen LogP contribution in [0.4, 0.5) is 0 Å². The van der Waals surface area contributed by atoms with Crippen molar-refractivity contribution in [3.05, 3.63) is 23.8 Å². The number of likely N-dealkylation sites (N-methyl/N-ethyl adjacent to an activating group) is 1. The van der Waals surface area contributed by atoms with Gasteiger partial charge in [-0.25, -0.2) is 0 Å². The summed E-state index contributed by atoms with van der Waals surface area (Å²) in [6.45, 7) is 14.1. The van der Waals surface area contributed by atoms with Crippen molar-refractivity contribution in [1.29, 1.82) is 0 Å². The molecule has 0 aliphatic carbocycles. The first-order chi connectivity index (χ1) is 11.3. The molecule has 0 heterocycles. The Balaban J connectivity index is 2.62. The van der Waals surface area contributed by atoms with Crippen molar-refractivity contribution in [2.24, 2.45) is 0 Å². The Labute approximate surface area is 147 Å². The number of methoxy groups -OCH3 is 1. The van der Waals surface area contributed by atoms with Gasteiger partial charge in [0.25, 0.3) is 0 Å². The van der Waals surface area contributed by atoms with Crippen LogP contribution < -0.4 is 14.8 Å². The Bertz CT molecular complexity index is 482. The second-order valence-corrected chi connectivity index (χ2v) is 7.04. The molecule has 0 aromatic heterocycles. The van der Waals surface area contributed by atoms with E-state index in [0.29, 0.717) is 18.0 Å². The Hall–Kier alpha value is -1.30. The third-order valence-corrected chi connectivity index (χ3v) is 3.85. The lowest BCUT2D eigenvalue weighted by molar-refractivity contribution is 0.0705. The summed E-state index contributed by atoms with van der Waals surface area (Å²) in [7, 11) is 1.63. The van der Waals surface area contributed by atoms with Crippen LogP contribution in [0.15, 0.2) is 18.2 Å². The maximum atomic E-state index is 10.1. The van der Waals surface area contributed by atoms with Crippen LogP contribution in [0.5, 0.6) is 11.5 Å². The summed E-state index contributed by atoms with van der Waals surface area (Å²) >= 11 is 0. The SMILES string of the molecule is CCN(CC)CC(O)COc1ccc(CNC(C)(C)C)cc1OC. The van der Waals surface area contributed by atoms with Crippen LogP contribution >= 0.6 is 0 Å². The van der Waals surface area contributed by atoms with E-state index >= 15 is 0 Å². The predicted molar refractivity (Wildman–Crippen MR) is 98.9 cm³/mol. The normalized spacial score (nSPS) is 13.2. The van der Waals surface area contributed by atoms with Gasteiger partial charge in [0.05, 0.1) is 7.11 Å². The topological polar surface area (TPSA) is 54.0 Å². The molecule has 0 radical (unpaired) electrons. The molecule has 0 fully saturated rings. The maximum absolute atomic E-state index is 10.1. The van der Waals surface area contributed by atoms with Gasteiger partial charge in [0.15, 0.2) is 11.5 Å². The molecule has 2 N–H and O–H groups in total. The fourth-order valence-electron chi connectivity index (χ4n) is 2.33. The molecule has 5 heteroatoms. The number of nitrogens with one attached hydrogen (secondary N) is 1. The van der Waals surface area contributed by atoms with Gasteiger partial charge in [-0.05, 0) is 51.6 Å². The van der Waals surface area contributed by atoms with E-state index < -0.39 is 6.10 Å². The Morgan fingerprint density at radius 3 is 2.38 bits per heavy atom. The van der Waals surface area contributed by atoms with E-state index in [-0.39, 0.29) is 12.1 Å². The fraction of sp³-hybridized carbons (Fsp3) is 0.684. The largest absolute Gasteiger partial charge is 0.493 e. The molecule has 0 bridgehead atoms. The van der Waals surface area contributed by atoms with Crippen molar-refractivity contribution in [2.75, 3.05) is 33.4 Å². The molecule has 0 saturated heterocycles. The summed E-state index contributed by atoms with van der Waals surface area (Å²) in [5.74, 6) is 1.36. The van der Waals surface area contributed by atoms with E-state index in [4.69, 9.17) is 9.47 Å². The highest BCUT2D eigenvalue weighted by Crippen LogP contribution is 2.28. The highest BCUT2D eigenvalue weighted by molar-refractivity contribution is 5.43. The molecule has 0 aliphatic heterocycles. The molecular weight excluding hydrogens is 304 g/mol. The molecule has 0 saturated carbocycles. The number of benzene rings is 1. The number of aliphatic hydroxyl groups is 1. The maximum Gasteiger partial charge on any atom is 0.161 e. The molecule has 0 aliphatic rings. The average molecular weight is 338 g/mol. The number of rotatable bonds is 10. The van der Waals surface area contributed by atoms with Crippen molar-refractivity contribution in [1.82, 2.24) is 10.2 Å². The predicted octanol–water partition coefficient (Wildman–Crippen LogP) is 2.66. The lowest BCUT2D eigenvalue weighted by Gasteiger charge is -2.23. The van der Waals surface area contributed by atoms with Gasteiger partial charge in [0.2, 0.25) is 0 Å². The van der Waals surface area contributed by atoms with Crippen LogP contribution in [0.2, 0.25) is 0 Å². The van der Waals surface area contributed by atoms with Gasteiger partial charge < -0.3 is 24.8 Å². The number of aliphatic hydroxyl groups excluding tert-OH is 1. The van der Waals surface area contributed by atoms with Gasteiger partial charge in [-0.2, -0.15) is 0 Å². The molecule has 1 aromatic carbocycles. The van der Waals surface area contributed by atoms with Gasteiger partial charge in [0, 0.05) is 18.6 Å². The van der Waals surface area contributed by atoms with Crippen LogP contribution in [0.25, 0.3) is 0 Å². The van der Waals surface area contributed by atoms with Crippen LogP contribution in [0.3, 0.4) is 0 Å². The zero-order valence-corrected chi connectivity index (χ0v) is 16.1. The van der Waals surface area contributed by atoms with E-state index in [1.807, 2.05) is 18.2 Å². The van der Waals surface area contributed by atoms with Crippen molar-refractivity contribution in [3.8, 4) is 11.5 Å². The minimum absolute atomic E-state index is 0.0664. The van der Waals surface area contributed by atoms with Crippen LogP contribution in [0.1, 0.15) is 40.2 Å². The van der Waals surface area contributed by atoms with Crippen LogP contribution in [-0.4, -0.2) is 55.0 Å². The molecule has 138 valence electrons. The summed E-state index contributed by atoms with van der Waals surface area (Å²) in [5, 5.41) is 13.6. The van der Waals surface area contributed by atoms with Crippen molar-refractivity contribution < 1.29 is 14.6 Å². The monoisotopic (exact) mass is 338 g/mol. The lowest BCUT2D eigenvalue weighted by atomic mass is 10.1. The standard InChI is InChI=1S/C19H34N2O3/c1-7-21(8-2)13-16(22)14-24-17-10-9-15(11-18(17)23-6)12-20-19(3,4)5/h9-11,16,20,22H,7-8,12-14H2,1-6H3. The Kier molecular flexibility index (Phi) is 8.53. The van der Waals surface area contributed by atoms with Crippen molar-refractivity contribution in [3.63, 3.8) is 0 Å². The highest BCUT2D eigenvalue weighted by atomic mass is 16.5. The second-order valence-electron chi connectivity index (χ2n) is 7.04. The first kappa shape index (κ1) is 20.7. The van der Waals surface area contributed by atoms with E-state index in [1.54, 1.807) is 7.11 Å².